The first-order valence-electron chi connectivity index (χ1n) is 6.90. The lowest BCUT2D eigenvalue weighted by Gasteiger charge is -2.17. The fraction of sp³-hybridized carbons (Fsp3) is 0.214. The fourth-order valence-electron chi connectivity index (χ4n) is 2.87. The van der Waals surface area contributed by atoms with Gasteiger partial charge < -0.3 is 4.90 Å². The van der Waals surface area contributed by atoms with Crippen molar-refractivity contribution in [2.45, 2.75) is 11.3 Å². The van der Waals surface area contributed by atoms with Crippen LogP contribution in [0.2, 0.25) is 0 Å². The molecule has 1 aliphatic heterocycles. The number of nitrogens with zero attached hydrogens (tertiary/aromatic N) is 1. The van der Waals surface area contributed by atoms with Gasteiger partial charge in [-0.3, -0.25) is 13.9 Å². The Bertz CT molecular complexity index is 1060. The number of amides is 1. The molecule has 0 unspecified atom stereocenters. The minimum absolute atomic E-state index is 0.0279. The van der Waals surface area contributed by atoms with E-state index in [1.165, 1.54) is 35.2 Å². The molecule has 0 atom stereocenters. The number of carbonyl (C=O) groups excluding carboxylic acids is 1. The molecule has 0 aromatic heterocycles. The molecular formula is C14H13NO7S2. The van der Waals surface area contributed by atoms with E-state index < -0.39 is 31.9 Å². The van der Waals surface area contributed by atoms with Crippen molar-refractivity contribution < 1.29 is 30.7 Å². The van der Waals surface area contributed by atoms with Crippen molar-refractivity contribution in [1.82, 2.24) is 0 Å². The van der Waals surface area contributed by atoms with Crippen LogP contribution in [-0.2, 0) is 20.2 Å². The van der Waals surface area contributed by atoms with Gasteiger partial charge in [0.1, 0.15) is 4.90 Å². The van der Waals surface area contributed by atoms with E-state index in [1.807, 2.05) is 0 Å². The van der Waals surface area contributed by atoms with Crippen molar-refractivity contribution in [3.8, 4) is 0 Å². The Balaban J connectivity index is 2.08. The van der Waals surface area contributed by atoms with E-state index in [2.05, 4.69) is 0 Å². The van der Waals surface area contributed by atoms with Crippen molar-refractivity contribution in [1.29, 1.82) is 0 Å². The topological polar surface area (TPSA) is 129 Å². The van der Waals surface area contributed by atoms with E-state index in [0.29, 0.717) is 11.1 Å². The second-order valence-corrected chi connectivity index (χ2v) is 8.34. The van der Waals surface area contributed by atoms with Crippen LogP contribution in [0.1, 0.15) is 16.8 Å². The Morgan fingerprint density at radius 3 is 2.33 bits per heavy atom. The molecule has 128 valence electrons. The summed E-state index contributed by atoms with van der Waals surface area (Å²) >= 11 is 0. The summed E-state index contributed by atoms with van der Waals surface area (Å²) in [6.07, 6.45) is 0.0279. The molecule has 10 heteroatoms. The maximum atomic E-state index is 12.5. The van der Waals surface area contributed by atoms with Gasteiger partial charge >= 0.3 is 0 Å². The zero-order chi connectivity index (χ0) is 17.7. The van der Waals surface area contributed by atoms with Gasteiger partial charge in [-0.1, -0.05) is 12.1 Å². The van der Waals surface area contributed by atoms with Gasteiger partial charge in [0.25, 0.3) is 26.1 Å². The standard InChI is InChI=1S/C14H13NO7S2/c16-14-10-4-1-3-9-12(24(20,21)22)6-5-11(13(9)10)15(14)7-2-8-23(17,18)19/h1,3-6H,2,7-8H2,(H,17,18,19)(H,20,21,22). The lowest BCUT2D eigenvalue weighted by atomic mass is 10.1. The molecule has 2 N–H and O–H groups in total. The van der Waals surface area contributed by atoms with Crippen molar-refractivity contribution in [3.63, 3.8) is 0 Å². The number of hydrogen-bond acceptors (Lipinski definition) is 5. The first-order chi connectivity index (χ1) is 11.1. The molecule has 8 nitrogen and oxygen atoms in total. The summed E-state index contributed by atoms with van der Waals surface area (Å²) in [5, 5.41) is 0.614. The molecule has 3 rings (SSSR count). The Hall–Kier alpha value is -2.01. The quantitative estimate of drug-likeness (QED) is 0.758. The number of rotatable bonds is 5. The highest BCUT2D eigenvalue weighted by molar-refractivity contribution is 7.86. The van der Waals surface area contributed by atoms with Gasteiger partial charge in [-0.15, -0.1) is 0 Å². The van der Waals surface area contributed by atoms with Crippen LogP contribution in [0.4, 0.5) is 5.69 Å². The second kappa shape index (κ2) is 5.52. The lowest BCUT2D eigenvalue weighted by Crippen LogP contribution is -2.29. The van der Waals surface area contributed by atoms with Crippen LogP contribution in [0, 0.1) is 0 Å². The van der Waals surface area contributed by atoms with Gasteiger partial charge in [0.2, 0.25) is 0 Å². The van der Waals surface area contributed by atoms with Crippen LogP contribution >= 0.6 is 0 Å². The van der Waals surface area contributed by atoms with Crippen LogP contribution < -0.4 is 4.90 Å². The molecule has 0 saturated carbocycles. The Labute approximate surface area is 138 Å². The van der Waals surface area contributed by atoms with Crippen LogP contribution in [0.5, 0.6) is 0 Å². The van der Waals surface area contributed by atoms with Gasteiger partial charge in [0.05, 0.1) is 11.4 Å². The van der Waals surface area contributed by atoms with Crippen molar-refractivity contribution in [2.24, 2.45) is 0 Å². The van der Waals surface area contributed by atoms with Crippen LogP contribution in [0.15, 0.2) is 35.2 Å². The average molecular weight is 371 g/mol. The minimum Gasteiger partial charge on any atom is -0.308 e. The smallest absolute Gasteiger partial charge is 0.295 e. The summed E-state index contributed by atoms with van der Waals surface area (Å²) in [6, 6.07) is 7.12. The molecule has 0 fully saturated rings. The zero-order valence-electron chi connectivity index (χ0n) is 12.2. The molecule has 1 amide bonds. The first-order valence-corrected chi connectivity index (χ1v) is 9.95. The van der Waals surface area contributed by atoms with Crippen LogP contribution in [0.3, 0.4) is 0 Å². The highest BCUT2D eigenvalue weighted by atomic mass is 32.2. The van der Waals surface area contributed by atoms with E-state index in [-0.39, 0.29) is 28.8 Å². The van der Waals surface area contributed by atoms with Gasteiger partial charge in [-0.25, -0.2) is 0 Å². The number of anilines is 1. The van der Waals surface area contributed by atoms with Gasteiger partial charge in [0.15, 0.2) is 0 Å². The zero-order valence-corrected chi connectivity index (χ0v) is 13.8. The van der Waals surface area contributed by atoms with Crippen molar-refractivity contribution >= 4 is 42.6 Å². The molecule has 0 saturated heterocycles. The maximum absolute atomic E-state index is 12.5. The molecule has 0 radical (unpaired) electrons. The molecule has 0 aliphatic carbocycles. The van der Waals surface area contributed by atoms with Gasteiger partial charge in [-0.2, -0.15) is 16.8 Å². The monoisotopic (exact) mass is 371 g/mol. The third kappa shape index (κ3) is 2.88. The summed E-state index contributed by atoms with van der Waals surface area (Å²) in [5.74, 6) is -0.877. The lowest BCUT2D eigenvalue weighted by molar-refractivity contribution is 0.0993. The highest BCUT2D eigenvalue weighted by Crippen LogP contribution is 2.40. The highest BCUT2D eigenvalue weighted by Gasteiger charge is 2.31. The maximum Gasteiger partial charge on any atom is 0.295 e. The molecule has 0 spiro atoms. The molecule has 2 aromatic carbocycles. The molecule has 0 bridgehead atoms. The molecule has 2 aromatic rings. The summed E-state index contributed by atoms with van der Waals surface area (Å²) in [4.78, 5) is 13.5. The number of hydrogen-bond donors (Lipinski definition) is 2. The number of benzene rings is 2. The van der Waals surface area contributed by atoms with E-state index in [4.69, 9.17) is 4.55 Å². The molecule has 1 aliphatic rings. The second-order valence-electron chi connectivity index (χ2n) is 5.38. The third-order valence-corrected chi connectivity index (χ3v) is 5.52. The van der Waals surface area contributed by atoms with Crippen molar-refractivity contribution in [3.05, 3.63) is 35.9 Å². The fourth-order valence-corrected chi connectivity index (χ4v) is 4.05. The third-order valence-electron chi connectivity index (χ3n) is 3.81. The predicted octanol–water partition coefficient (Wildman–Crippen LogP) is 1.32. The predicted molar refractivity (Wildman–Crippen MR) is 86.5 cm³/mol. The molecular weight excluding hydrogens is 358 g/mol. The summed E-state index contributed by atoms with van der Waals surface area (Å²) < 4.78 is 62.7. The van der Waals surface area contributed by atoms with Crippen molar-refractivity contribution in [2.75, 3.05) is 17.2 Å². The SMILES string of the molecule is O=C1c2cccc3c(S(=O)(=O)O)ccc(c23)N1CCCS(=O)(=O)O. The average Bonchev–Trinajstić information content (AvgIpc) is 2.73. The molecule has 24 heavy (non-hydrogen) atoms. The van der Waals surface area contributed by atoms with E-state index in [1.54, 1.807) is 0 Å². The summed E-state index contributed by atoms with van der Waals surface area (Å²) in [5.41, 5.74) is 0.716. The van der Waals surface area contributed by atoms with Gasteiger partial charge in [0, 0.05) is 22.9 Å². The normalized spacial score (nSPS) is 14.6. The van der Waals surface area contributed by atoms with E-state index in [0.717, 1.165) is 0 Å². The Morgan fingerprint density at radius 2 is 1.71 bits per heavy atom. The number of carbonyl (C=O) groups is 1. The first kappa shape index (κ1) is 16.8. The molecule has 1 heterocycles. The van der Waals surface area contributed by atoms with E-state index in [9.17, 15) is 26.2 Å². The van der Waals surface area contributed by atoms with Gasteiger partial charge in [-0.05, 0) is 24.6 Å². The Kier molecular flexibility index (Phi) is 3.87. The minimum atomic E-state index is -4.45. The van der Waals surface area contributed by atoms with Crippen LogP contribution in [-0.4, -0.2) is 44.1 Å². The van der Waals surface area contributed by atoms with E-state index >= 15 is 0 Å². The summed E-state index contributed by atoms with van der Waals surface area (Å²) in [6.45, 7) is 0.0492. The largest absolute Gasteiger partial charge is 0.308 e. The van der Waals surface area contributed by atoms with Crippen LogP contribution in [0.25, 0.3) is 10.8 Å². The summed E-state index contributed by atoms with van der Waals surface area (Å²) in [7, 11) is -8.58. The Morgan fingerprint density at radius 1 is 1.00 bits per heavy atom.